The van der Waals surface area contributed by atoms with Crippen LogP contribution in [0.1, 0.15) is 23.7 Å². The lowest BCUT2D eigenvalue weighted by atomic mass is 10.2. The first-order valence-corrected chi connectivity index (χ1v) is 15.1. The number of ether oxygens (including phenoxy) is 1. The van der Waals surface area contributed by atoms with E-state index in [2.05, 4.69) is 32.5 Å². The lowest BCUT2D eigenvalue weighted by Gasteiger charge is -2.32. The Kier molecular flexibility index (Phi) is 9.21. The number of piperazine rings is 1. The van der Waals surface area contributed by atoms with Crippen molar-refractivity contribution in [3.05, 3.63) is 47.0 Å². The summed E-state index contributed by atoms with van der Waals surface area (Å²) >= 11 is 7.22. The molecule has 1 saturated heterocycles. The number of imide groups is 1. The molecular formula is C25H30ClN5O5S2. The fourth-order valence-electron chi connectivity index (χ4n) is 4.05. The quantitative estimate of drug-likeness (QED) is 0.393. The summed E-state index contributed by atoms with van der Waals surface area (Å²) < 4.78 is 31.8. The van der Waals surface area contributed by atoms with E-state index in [4.69, 9.17) is 16.3 Å². The Balaban J connectivity index is 1.36. The van der Waals surface area contributed by atoms with E-state index in [0.717, 1.165) is 44.1 Å². The van der Waals surface area contributed by atoms with Gasteiger partial charge in [0, 0.05) is 26.2 Å². The van der Waals surface area contributed by atoms with Crippen LogP contribution in [0.3, 0.4) is 0 Å². The average molecular weight is 580 g/mol. The summed E-state index contributed by atoms with van der Waals surface area (Å²) in [6, 6.07) is 8.55. The molecule has 2 aromatic carbocycles. The van der Waals surface area contributed by atoms with Gasteiger partial charge < -0.3 is 14.5 Å². The van der Waals surface area contributed by atoms with Crippen LogP contribution in [0.4, 0.5) is 9.93 Å². The fourth-order valence-corrected chi connectivity index (χ4v) is 6.55. The van der Waals surface area contributed by atoms with Gasteiger partial charge in [-0.05, 0) is 63.3 Å². The average Bonchev–Trinajstić information content (AvgIpc) is 3.27. The number of nitrogens with one attached hydrogen (secondary N) is 2. The molecule has 0 spiro atoms. The molecule has 1 aliphatic heterocycles. The topological polar surface area (TPSA) is 121 Å². The minimum absolute atomic E-state index is 0.0618. The van der Waals surface area contributed by atoms with Gasteiger partial charge in [0.2, 0.25) is 0 Å². The number of fused-ring (bicyclic) bond motifs is 1. The third-order valence-electron chi connectivity index (χ3n) is 6.14. The maximum atomic E-state index is 12.9. The molecule has 4 rings (SSSR count). The van der Waals surface area contributed by atoms with Crippen LogP contribution in [0, 0.1) is 0 Å². The van der Waals surface area contributed by atoms with Crippen molar-refractivity contribution in [3.63, 3.8) is 0 Å². The van der Waals surface area contributed by atoms with Gasteiger partial charge in [0.05, 0.1) is 38.1 Å². The van der Waals surface area contributed by atoms with Crippen LogP contribution < -0.4 is 15.4 Å². The zero-order valence-corrected chi connectivity index (χ0v) is 23.6. The lowest BCUT2D eigenvalue weighted by Crippen LogP contribution is -2.44. The molecule has 1 fully saturated rings. The second-order valence-electron chi connectivity index (χ2n) is 8.95. The van der Waals surface area contributed by atoms with Crippen molar-refractivity contribution in [1.29, 1.82) is 0 Å². The predicted molar refractivity (Wildman–Crippen MR) is 149 cm³/mol. The number of rotatable bonds is 9. The second-order valence-corrected chi connectivity index (χ2v) is 12.5. The molecule has 3 aromatic rings. The van der Waals surface area contributed by atoms with Crippen molar-refractivity contribution in [1.82, 2.24) is 20.1 Å². The van der Waals surface area contributed by atoms with Crippen LogP contribution in [0.25, 0.3) is 10.2 Å². The van der Waals surface area contributed by atoms with Gasteiger partial charge in [0.15, 0.2) is 15.0 Å². The van der Waals surface area contributed by atoms with E-state index in [9.17, 15) is 18.0 Å². The Morgan fingerprint density at radius 2 is 1.89 bits per heavy atom. The number of halogens is 1. The van der Waals surface area contributed by atoms with Gasteiger partial charge >= 0.3 is 6.03 Å². The van der Waals surface area contributed by atoms with Crippen molar-refractivity contribution < 1.29 is 22.7 Å². The van der Waals surface area contributed by atoms with E-state index in [1.165, 1.54) is 18.2 Å². The molecule has 13 heteroatoms. The van der Waals surface area contributed by atoms with Crippen molar-refractivity contribution in [2.45, 2.75) is 18.2 Å². The van der Waals surface area contributed by atoms with Gasteiger partial charge in [-0.3, -0.25) is 15.4 Å². The Bertz CT molecular complexity index is 1420. The standard InChI is InChI=1S/C25H30ClN5O5S2/c1-3-36-17-5-7-20(26)19(15-17)23(32)28-24(33)29-25-27-21-8-6-18(16-22(21)37-25)38(34,35)14-4-9-31-12-10-30(2)11-13-31/h5-8,15-16H,3-4,9-14H2,1-2H3,(H2,27,28,29,32,33). The maximum absolute atomic E-state index is 12.9. The Labute approximate surface area is 230 Å². The van der Waals surface area contributed by atoms with Crippen molar-refractivity contribution >= 4 is 60.1 Å². The number of aromatic nitrogens is 1. The van der Waals surface area contributed by atoms with Gasteiger partial charge in [-0.25, -0.2) is 18.2 Å². The summed E-state index contributed by atoms with van der Waals surface area (Å²) in [5.41, 5.74) is 0.639. The van der Waals surface area contributed by atoms with Crippen molar-refractivity contribution in [3.8, 4) is 5.75 Å². The molecule has 0 aliphatic carbocycles. The number of thiazole rings is 1. The number of hydrogen-bond donors (Lipinski definition) is 2. The first-order valence-electron chi connectivity index (χ1n) is 12.2. The van der Waals surface area contributed by atoms with E-state index >= 15 is 0 Å². The number of amides is 3. The number of carbonyl (C=O) groups excluding carboxylic acids is 2. The van der Waals surface area contributed by atoms with Crippen LogP contribution >= 0.6 is 22.9 Å². The van der Waals surface area contributed by atoms with Crippen molar-refractivity contribution in [2.24, 2.45) is 0 Å². The molecule has 0 unspecified atom stereocenters. The van der Waals surface area contributed by atoms with E-state index in [1.54, 1.807) is 18.2 Å². The third kappa shape index (κ3) is 7.20. The van der Waals surface area contributed by atoms with E-state index in [1.807, 2.05) is 6.92 Å². The molecule has 0 atom stereocenters. The molecule has 1 aromatic heterocycles. The van der Waals surface area contributed by atoms with Gasteiger partial charge in [-0.15, -0.1) is 0 Å². The molecular weight excluding hydrogens is 550 g/mol. The monoisotopic (exact) mass is 579 g/mol. The summed E-state index contributed by atoms with van der Waals surface area (Å²) in [5.74, 6) is -0.175. The lowest BCUT2D eigenvalue weighted by molar-refractivity contribution is 0.0966. The molecule has 0 radical (unpaired) electrons. The van der Waals surface area contributed by atoms with Gasteiger partial charge in [0.25, 0.3) is 5.91 Å². The highest BCUT2D eigenvalue weighted by atomic mass is 35.5. The van der Waals surface area contributed by atoms with Crippen LogP contribution in [-0.4, -0.2) is 87.3 Å². The molecule has 1 aliphatic rings. The number of urea groups is 1. The highest BCUT2D eigenvalue weighted by Crippen LogP contribution is 2.29. The van der Waals surface area contributed by atoms with E-state index in [-0.39, 0.29) is 26.4 Å². The zero-order chi connectivity index (χ0) is 27.3. The first-order chi connectivity index (χ1) is 18.1. The molecule has 38 heavy (non-hydrogen) atoms. The predicted octanol–water partition coefficient (Wildman–Crippen LogP) is 3.72. The number of likely N-dealkylation sites (N-methyl/N-ethyl adjacent to an activating group) is 1. The summed E-state index contributed by atoms with van der Waals surface area (Å²) in [5, 5.41) is 5.15. The number of anilines is 1. The number of benzene rings is 2. The molecule has 204 valence electrons. The summed E-state index contributed by atoms with van der Waals surface area (Å²) in [6.45, 7) is 6.86. The Hall–Kier alpha value is -2.77. The molecule has 10 nitrogen and oxygen atoms in total. The second kappa shape index (κ2) is 12.4. The first kappa shape index (κ1) is 28.2. The molecule has 2 heterocycles. The molecule has 3 amide bonds. The zero-order valence-electron chi connectivity index (χ0n) is 21.2. The summed E-state index contributed by atoms with van der Waals surface area (Å²) in [6.07, 6.45) is 0.561. The minimum Gasteiger partial charge on any atom is -0.494 e. The number of nitrogens with zero attached hydrogens (tertiary/aromatic N) is 3. The van der Waals surface area contributed by atoms with Gasteiger partial charge in [-0.2, -0.15) is 0 Å². The smallest absolute Gasteiger partial charge is 0.327 e. The SMILES string of the molecule is CCOc1ccc(Cl)c(C(=O)NC(=O)Nc2nc3ccc(S(=O)(=O)CCCN4CCN(C)CC4)cc3s2)c1. The highest BCUT2D eigenvalue weighted by Gasteiger charge is 2.20. The molecule has 0 bridgehead atoms. The molecule has 2 N–H and O–H groups in total. The third-order valence-corrected chi connectivity index (χ3v) is 9.20. The number of hydrogen-bond acceptors (Lipinski definition) is 9. The van der Waals surface area contributed by atoms with Crippen LogP contribution in [0.5, 0.6) is 5.75 Å². The Morgan fingerprint density at radius 3 is 2.63 bits per heavy atom. The van der Waals surface area contributed by atoms with Crippen LogP contribution in [0.15, 0.2) is 41.3 Å². The largest absolute Gasteiger partial charge is 0.494 e. The number of sulfone groups is 1. The Morgan fingerprint density at radius 1 is 1.13 bits per heavy atom. The van der Waals surface area contributed by atoms with Crippen LogP contribution in [0.2, 0.25) is 5.02 Å². The van der Waals surface area contributed by atoms with Crippen molar-refractivity contribution in [2.75, 3.05) is 57.4 Å². The fraction of sp³-hybridized carbons (Fsp3) is 0.400. The highest BCUT2D eigenvalue weighted by molar-refractivity contribution is 7.91. The molecule has 0 saturated carbocycles. The number of carbonyl (C=O) groups is 2. The van der Waals surface area contributed by atoms with E-state index in [0.29, 0.717) is 29.0 Å². The van der Waals surface area contributed by atoms with Crippen LogP contribution in [-0.2, 0) is 9.84 Å². The van der Waals surface area contributed by atoms with Gasteiger partial charge in [0.1, 0.15) is 5.75 Å². The van der Waals surface area contributed by atoms with E-state index < -0.39 is 21.8 Å². The summed E-state index contributed by atoms with van der Waals surface area (Å²) in [4.78, 5) is 34.1. The maximum Gasteiger partial charge on any atom is 0.327 e. The normalized spacial score (nSPS) is 14.9. The minimum atomic E-state index is -3.46. The van der Waals surface area contributed by atoms with Gasteiger partial charge in [-0.1, -0.05) is 22.9 Å². The summed E-state index contributed by atoms with van der Waals surface area (Å²) in [7, 11) is -1.37.